The summed E-state index contributed by atoms with van der Waals surface area (Å²) in [6.45, 7) is 0. The molecule has 0 saturated heterocycles. The lowest BCUT2D eigenvalue weighted by Crippen LogP contribution is -2.32. The highest BCUT2D eigenvalue weighted by Crippen LogP contribution is 2.17. The number of non-ortho nitro benzene ring substituents is 1. The fourth-order valence-electron chi connectivity index (χ4n) is 1.54. The summed E-state index contributed by atoms with van der Waals surface area (Å²) in [7, 11) is 0. The Kier molecular flexibility index (Phi) is 3.51. The zero-order chi connectivity index (χ0) is 13.8. The first-order valence-electron chi connectivity index (χ1n) is 5.47. The molecule has 1 aliphatic rings. The Labute approximate surface area is 107 Å². The molecule has 0 bridgehead atoms. The van der Waals surface area contributed by atoms with Crippen LogP contribution in [0.15, 0.2) is 29.4 Å². The number of anilines is 1. The van der Waals surface area contributed by atoms with Gasteiger partial charge in [-0.25, -0.2) is 5.43 Å². The van der Waals surface area contributed by atoms with Crippen LogP contribution in [0.3, 0.4) is 0 Å². The van der Waals surface area contributed by atoms with Crippen LogP contribution < -0.4 is 10.7 Å². The van der Waals surface area contributed by atoms with Gasteiger partial charge >= 0.3 is 0 Å². The Morgan fingerprint density at radius 3 is 2.84 bits per heavy atom. The second-order valence-corrected chi connectivity index (χ2v) is 3.86. The van der Waals surface area contributed by atoms with E-state index in [4.69, 9.17) is 0 Å². The molecule has 8 heteroatoms. The minimum atomic E-state index is -0.548. The third-order valence-corrected chi connectivity index (χ3v) is 2.48. The van der Waals surface area contributed by atoms with E-state index in [-0.39, 0.29) is 30.1 Å². The summed E-state index contributed by atoms with van der Waals surface area (Å²) < 4.78 is 0. The molecule has 8 nitrogen and oxygen atoms in total. The molecule has 0 fully saturated rings. The van der Waals surface area contributed by atoms with Crippen molar-refractivity contribution in [3.8, 4) is 0 Å². The monoisotopic (exact) mass is 262 g/mol. The average molecular weight is 262 g/mol. The normalized spacial score (nSPS) is 14.3. The molecular formula is C11H10N4O4. The fourth-order valence-corrected chi connectivity index (χ4v) is 1.54. The molecule has 1 heterocycles. The molecule has 1 aromatic rings. The number of carbonyl (C=O) groups excluding carboxylic acids is 2. The van der Waals surface area contributed by atoms with Crippen LogP contribution in [0.5, 0.6) is 0 Å². The van der Waals surface area contributed by atoms with Crippen LogP contribution >= 0.6 is 0 Å². The Morgan fingerprint density at radius 2 is 2.21 bits per heavy atom. The first-order chi connectivity index (χ1) is 9.06. The molecule has 0 aliphatic carbocycles. The molecule has 1 aliphatic heterocycles. The van der Waals surface area contributed by atoms with Crippen molar-refractivity contribution in [2.75, 3.05) is 5.32 Å². The predicted octanol–water partition coefficient (Wildman–Crippen LogP) is 0.799. The van der Waals surface area contributed by atoms with Crippen molar-refractivity contribution in [1.82, 2.24) is 5.43 Å². The van der Waals surface area contributed by atoms with Crippen molar-refractivity contribution in [2.45, 2.75) is 12.8 Å². The number of hydrogen-bond donors (Lipinski definition) is 2. The number of benzene rings is 1. The van der Waals surface area contributed by atoms with Gasteiger partial charge < -0.3 is 5.32 Å². The largest absolute Gasteiger partial charge is 0.321 e. The van der Waals surface area contributed by atoms with Crippen LogP contribution in [0.2, 0.25) is 0 Å². The van der Waals surface area contributed by atoms with E-state index in [1.165, 1.54) is 24.3 Å². The number of hydrazone groups is 1. The number of hydrogen-bond acceptors (Lipinski definition) is 5. The van der Waals surface area contributed by atoms with E-state index in [0.29, 0.717) is 5.69 Å². The standard InChI is InChI=1S/C11H10N4O4/c16-10-5-4-9(13-14-10)11(17)12-7-2-1-3-8(6-7)15(18)19/h1-3,6H,4-5H2,(H,12,17)(H,14,16). The molecule has 0 aromatic heterocycles. The number of rotatable bonds is 3. The maximum atomic E-state index is 11.8. The quantitative estimate of drug-likeness (QED) is 0.619. The Morgan fingerprint density at radius 1 is 1.42 bits per heavy atom. The fraction of sp³-hybridized carbons (Fsp3) is 0.182. The number of carbonyl (C=O) groups is 2. The van der Waals surface area contributed by atoms with E-state index in [1.54, 1.807) is 0 Å². The summed E-state index contributed by atoms with van der Waals surface area (Å²) in [5.74, 6) is -0.729. The number of nitro groups is 1. The maximum absolute atomic E-state index is 11.8. The second kappa shape index (κ2) is 5.25. The van der Waals surface area contributed by atoms with Crippen molar-refractivity contribution in [1.29, 1.82) is 0 Å². The van der Waals surface area contributed by atoms with Gasteiger partial charge in [-0.05, 0) is 6.07 Å². The third kappa shape index (κ3) is 3.12. The lowest BCUT2D eigenvalue weighted by Gasteiger charge is -2.11. The molecular weight excluding hydrogens is 252 g/mol. The lowest BCUT2D eigenvalue weighted by molar-refractivity contribution is -0.384. The average Bonchev–Trinajstić information content (AvgIpc) is 2.39. The minimum Gasteiger partial charge on any atom is -0.321 e. The van der Waals surface area contributed by atoms with Gasteiger partial charge in [0.05, 0.1) is 4.92 Å². The first-order valence-corrected chi connectivity index (χ1v) is 5.47. The molecule has 0 saturated carbocycles. The van der Waals surface area contributed by atoms with Gasteiger partial charge in [-0.1, -0.05) is 6.07 Å². The lowest BCUT2D eigenvalue weighted by atomic mass is 10.1. The van der Waals surface area contributed by atoms with E-state index in [2.05, 4.69) is 15.8 Å². The number of amides is 2. The van der Waals surface area contributed by atoms with E-state index >= 15 is 0 Å². The van der Waals surface area contributed by atoms with E-state index in [9.17, 15) is 19.7 Å². The maximum Gasteiger partial charge on any atom is 0.271 e. The van der Waals surface area contributed by atoms with Crippen LogP contribution in [0, 0.1) is 10.1 Å². The summed E-state index contributed by atoms with van der Waals surface area (Å²) in [4.78, 5) is 32.7. The van der Waals surface area contributed by atoms with Gasteiger partial charge in [-0.3, -0.25) is 19.7 Å². The van der Waals surface area contributed by atoms with Crippen molar-refractivity contribution in [2.24, 2.45) is 5.10 Å². The van der Waals surface area contributed by atoms with Crippen molar-refractivity contribution >= 4 is 28.9 Å². The summed E-state index contributed by atoms with van der Waals surface area (Å²) in [6.07, 6.45) is 0.438. The van der Waals surface area contributed by atoms with Gasteiger partial charge in [0.15, 0.2) is 0 Å². The van der Waals surface area contributed by atoms with Crippen molar-refractivity contribution < 1.29 is 14.5 Å². The van der Waals surface area contributed by atoms with Crippen LogP contribution in [0.25, 0.3) is 0 Å². The molecule has 2 rings (SSSR count). The number of nitrogens with zero attached hydrogens (tertiary/aromatic N) is 2. The molecule has 98 valence electrons. The van der Waals surface area contributed by atoms with Gasteiger partial charge in [0.25, 0.3) is 11.6 Å². The SMILES string of the molecule is O=C1CCC(C(=O)Nc2cccc([N+](=O)[O-])c2)=NN1. The van der Waals surface area contributed by atoms with Gasteiger partial charge in [-0.2, -0.15) is 5.10 Å². The first kappa shape index (κ1) is 12.7. The highest BCUT2D eigenvalue weighted by atomic mass is 16.6. The zero-order valence-electron chi connectivity index (χ0n) is 9.75. The smallest absolute Gasteiger partial charge is 0.271 e. The van der Waals surface area contributed by atoms with Gasteiger partial charge in [0.1, 0.15) is 5.71 Å². The Balaban J connectivity index is 2.09. The molecule has 0 radical (unpaired) electrons. The molecule has 19 heavy (non-hydrogen) atoms. The minimum absolute atomic E-state index is 0.114. The van der Waals surface area contributed by atoms with Gasteiger partial charge in [0.2, 0.25) is 5.91 Å². The molecule has 1 aromatic carbocycles. The molecule has 2 N–H and O–H groups in total. The van der Waals surface area contributed by atoms with Crippen LogP contribution in [-0.4, -0.2) is 22.4 Å². The Bertz CT molecular complexity index is 582. The van der Waals surface area contributed by atoms with Crippen LogP contribution in [0.4, 0.5) is 11.4 Å². The van der Waals surface area contributed by atoms with Crippen LogP contribution in [0.1, 0.15) is 12.8 Å². The topological polar surface area (TPSA) is 114 Å². The second-order valence-electron chi connectivity index (χ2n) is 3.86. The highest BCUT2D eigenvalue weighted by Gasteiger charge is 2.18. The van der Waals surface area contributed by atoms with Gasteiger partial charge in [0, 0.05) is 30.7 Å². The number of nitrogens with one attached hydrogen (secondary N) is 2. The highest BCUT2D eigenvalue weighted by molar-refractivity contribution is 6.43. The van der Waals surface area contributed by atoms with Gasteiger partial charge in [-0.15, -0.1) is 0 Å². The van der Waals surface area contributed by atoms with Crippen molar-refractivity contribution in [3.63, 3.8) is 0 Å². The summed E-state index contributed by atoms with van der Waals surface area (Å²) in [6, 6.07) is 5.58. The summed E-state index contributed by atoms with van der Waals surface area (Å²) in [5, 5.41) is 16.7. The third-order valence-electron chi connectivity index (χ3n) is 2.48. The molecule has 0 spiro atoms. The molecule has 0 atom stereocenters. The predicted molar refractivity (Wildman–Crippen MR) is 66.5 cm³/mol. The molecule has 2 amide bonds. The number of nitro benzene ring substituents is 1. The van der Waals surface area contributed by atoms with Crippen LogP contribution in [-0.2, 0) is 9.59 Å². The van der Waals surface area contributed by atoms with E-state index < -0.39 is 10.8 Å². The van der Waals surface area contributed by atoms with E-state index in [1.807, 2.05) is 0 Å². The summed E-state index contributed by atoms with van der Waals surface area (Å²) in [5.41, 5.74) is 2.58. The van der Waals surface area contributed by atoms with E-state index in [0.717, 1.165) is 0 Å². The molecule has 0 unspecified atom stereocenters. The summed E-state index contributed by atoms with van der Waals surface area (Å²) >= 11 is 0. The zero-order valence-corrected chi connectivity index (χ0v) is 9.75. The van der Waals surface area contributed by atoms with Crippen molar-refractivity contribution in [3.05, 3.63) is 34.4 Å². The Hall–Kier alpha value is -2.77.